The number of nitrogens with one attached hydrogen (secondary N) is 1. The monoisotopic (exact) mass is 212 g/mol. The standard InChI is InChI=1S/C10H16N2OS/c1-2-7-10(13)12-9(11-7)8-5-3-4-6-14-8/h8,13H,2-6H2,1H3,(H,11,12). The summed E-state index contributed by atoms with van der Waals surface area (Å²) in [4.78, 5) is 7.40. The maximum absolute atomic E-state index is 9.51. The number of aromatic amines is 1. The van der Waals surface area contributed by atoms with Crippen molar-refractivity contribution in [1.29, 1.82) is 0 Å². The summed E-state index contributed by atoms with van der Waals surface area (Å²) in [6, 6.07) is 0. The van der Waals surface area contributed by atoms with Crippen LogP contribution in [0.3, 0.4) is 0 Å². The van der Waals surface area contributed by atoms with Crippen LogP contribution in [0.25, 0.3) is 0 Å². The van der Waals surface area contributed by atoms with Crippen molar-refractivity contribution in [1.82, 2.24) is 9.97 Å². The average molecular weight is 212 g/mol. The topological polar surface area (TPSA) is 48.9 Å². The summed E-state index contributed by atoms with van der Waals surface area (Å²) in [6.07, 6.45) is 4.59. The molecular formula is C10H16N2OS. The highest BCUT2D eigenvalue weighted by Crippen LogP contribution is 2.37. The van der Waals surface area contributed by atoms with Gasteiger partial charge in [0, 0.05) is 0 Å². The molecule has 0 spiro atoms. The predicted octanol–water partition coefficient (Wildman–Crippen LogP) is 2.64. The molecule has 1 aliphatic rings. The molecule has 1 aromatic rings. The first-order chi connectivity index (χ1) is 6.81. The molecule has 0 aromatic carbocycles. The van der Waals surface area contributed by atoms with Gasteiger partial charge in [0.25, 0.3) is 0 Å². The van der Waals surface area contributed by atoms with Crippen LogP contribution in [0.4, 0.5) is 0 Å². The van der Waals surface area contributed by atoms with Gasteiger partial charge in [-0.1, -0.05) is 13.3 Å². The smallest absolute Gasteiger partial charge is 0.232 e. The van der Waals surface area contributed by atoms with Crippen molar-refractivity contribution in [2.75, 3.05) is 5.75 Å². The number of thioether (sulfide) groups is 1. The van der Waals surface area contributed by atoms with Crippen LogP contribution in [0.5, 0.6) is 5.88 Å². The fraction of sp³-hybridized carbons (Fsp3) is 0.700. The lowest BCUT2D eigenvalue weighted by Gasteiger charge is -2.18. The largest absolute Gasteiger partial charge is 0.492 e. The minimum atomic E-state index is 0.189. The first kappa shape index (κ1) is 9.90. The molecule has 78 valence electrons. The van der Waals surface area contributed by atoms with Crippen LogP contribution in [0.2, 0.25) is 0 Å². The Bertz CT molecular complexity index is 305. The zero-order chi connectivity index (χ0) is 9.97. The highest BCUT2D eigenvalue weighted by Gasteiger charge is 2.20. The number of H-pyrrole nitrogens is 1. The highest BCUT2D eigenvalue weighted by molar-refractivity contribution is 7.99. The summed E-state index contributed by atoms with van der Waals surface area (Å²) in [5, 5.41) is 9.98. The Balaban J connectivity index is 2.14. The van der Waals surface area contributed by atoms with Crippen LogP contribution in [-0.2, 0) is 6.42 Å². The number of aromatic hydroxyl groups is 1. The molecule has 1 unspecified atom stereocenters. The van der Waals surface area contributed by atoms with Gasteiger partial charge in [-0.2, -0.15) is 16.7 Å². The van der Waals surface area contributed by atoms with Crippen LogP contribution >= 0.6 is 11.8 Å². The third-order valence-corrected chi connectivity index (χ3v) is 4.00. The number of nitrogens with zero attached hydrogens (tertiary/aromatic N) is 1. The van der Waals surface area contributed by atoms with Crippen molar-refractivity contribution in [3.8, 4) is 5.88 Å². The molecule has 4 heteroatoms. The summed E-state index contributed by atoms with van der Waals surface area (Å²) in [7, 11) is 0. The number of hydrogen-bond donors (Lipinski definition) is 2. The van der Waals surface area contributed by atoms with E-state index >= 15 is 0 Å². The van der Waals surface area contributed by atoms with Crippen LogP contribution < -0.4 is 0 Å². The van der Waals surface area contributed by atoms with Gasteiger partial charge in [0.05, 0.1) is 10.9 Å². The fourth-order valence-electron chi connectivity index (χ4n) is 1.78. The molecule has 0 aliphatic carbocycles. The Kier molecular flexibility index (Phi) is 3.01. The van der Waals surface area contributed by atoms with Crippen molar-refractivity contribution in [2.45, 2.75) is 37.9 Å². The minimum absolute atomic E-state index is 0.189. The molecule has 0 saturated carbocycles. The quantitative estimate of drug-likeness (QED) is 0.792. The van der Waals surface area contributed by atoms with Crippen molar-refractivity contribution in [3.63, 3.8) is 0 Å². The van der Waals surface area contributed by atoms with Gasteiger partial charge in [0.2, 0.25) is 5.88 Å². The molecule has 1 aliphatic heterocycles. The number of imidazole rings is 1. The maximum atomic E-state index is 9.51. The summed E-state index contributed by atoms with van der Waals surface area (Å²) in [6.45, 7) is 2.02. The molecule has 1 fully saturated rings. The number of aryl methyl sites for hydroxylation is 1. The molecule has 2 N–H and O–H groups in total. The van der Waals surface area contributed by atoms with Gasteiger partial charge in [-0.3, -0.25) is 0 Å². The van der Waals surface area contributed by atoms with Crippen molar-refractivity contribution >= 4 is 11.8 Å². The van der Waals surface area contributed by atoms with E-state index in [1.165, 1.54) is 25.0 Å². The van der Waals surface area contributed by atoms with Crippen LogP contribution in [0, 0.1) is 0 Å². The number of hydrogen-bond acceptors (Lipinski definition) is 3. The van der Waals surface area contributed by atoms with Crippen LogP contribution in [0.1, 0.15) is 43.0 Å². The molecule has 2 rings (SSSR count). The second-order valence-electron chi connectivity index (χ2n) is 3.63. The molecule has 14 heavy (non-hydrogen) atoms. The number of aromatic nitrogens is 2. The van der Waals surface area contributed by atoms with E-state index in [-0.39, 0.29) is 5.88 Å². The molecule has 3 nitrogen and oxygen atoms in total. The van der Waals surface area contributed by atoms with Gasteiger partial charge >= 0.3 is 0 Å². The van der Waals surface area contributed by atoms with E-state index in [0.717, 1.165) is 17.9 Å². The first-order valence-electron chi connectivity index (χ1n) is 5.20. The zero-order valence-corrected chi connectivity index (χ0v) is 9.23. The molecule has 0 amide bonds. The van der Waals surface area contributed by atoms with Gasteiger partial charge in [0.15, 0.2) is 0 Å². The van der Waals surface area contributed by atoms with E-state index in [4.69, 9.17) is 0 Å². The second-order valence-corrected chi connectivity index (χ2v) is 4.94. The van der Waals surface area contributed by atoms with Crippen molar-refractivity contribution in [3.05, 3.63) is 11.5 Å². The Hall–Kier alpha value is -0.640. The molecular weight excluding hydrogens is 196 g/mol. The molecule has 2 heterocycles. The van der Waals surface area contributed by atoms with Gasteiger partial charge in [-0.05, 0) is 25.0 Å². The van der Waals surface area contributed by atoms with Gasteiger partial charge in [0.1, 0.15) is 5.82 Å². The Morgan fingerprint density at radius 1 is 1.57 bits per heavy atom. The van der Waals surface area contributed by atoms with Gasteiger partial charge in [-0.25, -0.2) is 0 Å². The fourth-order valence-corrected chi connectivity index (χ4v) is 3.03. The van der Waals surface area contributed by atoms with Crippen LogP contribution in [-0.4, -0.2) is 20.8 Å². The maximum Gasteiger partial charge on any atom is 0.232 e. The predicted molar refractivity (Wildman–Crippen MR) is 58.7 cm³/mol. The summed E-state index contributed by atoms with van der Waals surface area (Å²) < 4.78 is 0. The lowest BCUT2D eigenvalue weighted by atomic mass is 10.2. The van der Waals surface area contributed by atoms with E-state index in [1.54, 1.807) is 0 Å². The lowest BCUT2D eigenvalue weighted by Crippen LogP contribution is -2.03. The molecule has 0 radical (unpaired) electrons. The average Bonchev–Trinajstić information content (AvgIpc) is 2.61. The summed E-state index contributed by atoms with van der Waals surface area (Å²) >= 11 is 1.94. The van der Waals surface area contributed by atoms with E-state index in [9.17, 15) is 5.11 Å². The Labute approximate surface area is 88.3 Å². The van der Waals surface area contributed by atoms with Gasteiger partial charge < -0.3 is 10.1 Å². The highest BCUT2D eigenvalue weighted by atomic mass is 32.2. The van der Waals surface area contributed by atoms with Crippen molar-refractivity contribution in [2.24, 2.45) is 0 Å². The number of rotatable bonds is 2. The van der Waals surface area contributed by atoms with Crippen molar-refractivity contribution < 1.29 is 5.11 Å². The van der Waals surface area contributed by atoms with E-state index < -0.39 is 0 Å². The second kappa shape index (κ2) is 4.26. The lowest BCUT2D eigenvalue weighted by molar-refractivity contribution is 0.448. The van der Waals surface area contributed by atoms with E-state index in [2.05, 4.69) is 9.97 Å². The third kappa shape index (κ3) is 1.90. The molecule has 0 bridgehead atoms. The summed E-state index contributed by atoms with van der Waals surface area (Å²) in [5.74, 6) is 2.37. The third-order valence-electron chi connectivity index (χ3n) is 2.61. The molecule has 1 saturated heterocycles. The van der Waals surface area contributed by atoms with E-state index in [1.807, 2.05) is 18.7 Å². The molecule has 1 atom stereocenters. The Morgan fingerprint density at radius 2 is 2.43 bits per heavy atom. The summed E-state index contributed by atoms with van der Waals surface area (Å²) in [5.41, 5.74) is 0.867. The van der Waals surface area contributed by atoms with E-state index in [0.29, 0.717) is 5.25 Å². The first-order valence-corrected chi connectivity index (χ1v) is 6.25. The molecule has 1 aromatic heterocycles. The zero-order valence-electron chi connectivity index (χ0n) is 8.42. The van der Waals surface area contributed by atoms with Crippen LogP contribution in [0.15, 0.2) is 0 Å². The van der Waals surface area contributed by atoms with Gasteiger partial charge in [-0.15, -0.1) is 0 Å². The Morgan fingerprint density at radius 3 is 3.00 bits per heavy atom. The normalized spacial score (nSPS) is 22.5. The SMILES string of the molecule is CCc1[nH]c(C2CCCCS2)nc1O. The minimum Gasteiger partial charge on any atom is -0.492 e.